The van der Waals surface area contributed by atoms with Crippen LogP contribution in [0.25, 0.3) is 0 Å². The summed E-state index contributed by atoms with van der Waals surface area (Å²) in [5, 5.41) is 0. The van der Waals surface area contributed by atoms with Gasteiger partial charge in [0.25, 0.3) is 0 Å². The monoisotopic (exact) mass is 302 g/mol. The van der Waals surface area contributed by atoms with Gasteiger partial charge in [-0.25, -0.2) is 4.79 Å². The molecule has 4 nitrogen and oxygen atoms in total. The van der Waals surface area contributed by atoms with Crippen LogP contribution < -0.4 is 0 Å². The van der Waals surface area contributed by atoms with Crippen molar-refractivity contribution in [1.29, 1.82) is 0 Å². The van der Waals surface area contributed by atoms with Gasteiger partial charge in [-0.05, 0) is 37.3 Å². The molecule has 1 aromatic carbocycles. The molecule has 2 saturated heterocycles. The van der Waals surface area contributed by atoms with Gasteiger partial charge in [0.1, 0.15) is 6.61 Å². The van der Waals surface area contributed by atoms with Gasteiger partial charge in [0.15, 0.2) is 0 Å². The number of likely N-dealkylation sites (tertiary alicyclic amines) is 1. The Labute approximate surface area is 133 Å². The number of carbonyl (C=O) groups is 1. The highest BCUT2D eigenvalue weighted by Gasteiger charge is 2.32. The molecule has 1 amide bonds. The number of piperidine rings is 1. The van der Waals surface area contributed by atoms with Gasteiger partial charge in [0, 0.05) is 19.1 Å². The molecule has 1 atom stereocenters. The van der Waals surface area contributed by atoms with Crippen molar-refractivity contribution in [2.24, 2.45) is 0 Å². The predicted molar refractivity (Wildman–Crippen MR) is 87.0 cm³/mol. The summed E-state index contributed by atoms with van der Waals surface area (Å²) in [5.74, 6) is 0.604. The lowest BCUT2D eigenvalue weighted by atomic mass is 9.96. The molecule has 0 radical (unpaired) electrons. The summed E-state index contributed by atoms with van der Waals surface area (Å²) < 4.78 is 5.05. The molecule has 0 aromatic heterocycles. The topological polar surface area (TPSA) is 32.8 Å². The second-order valence-electron chi connectivity index (χ2n) is 6.48. The number of benzene rings is 1. The molecule has 3 rings (SSSR count). The van der Waals surface area contributed by atoms with E-state index in [0.29, 0.717) is 18.6 Å². The number of nitrogens with zero attached hydrogens (tertiary/aromatic N) is 2. The lowest BCUT2D eigenvalue weighted by Crippen LogP contribution is -2.45. The van der Waals surface area contributed by atoms with Crippen LogP contribution in [0.1, 0.15) is 37.7 Å². The normalized spacial score (nSPS) is 21.9. The van der Waals surface area contributed by atoms with E-state index in [-0.39, 0.29) is 6.09 Å². The fraction of sp³-hybridized carbons (Fsp3) is 0.611. The standard InChI is InChI=1S/C18H26N2O2/c1-15(16-5-3-2-4-6-16)7-10-19-11-8-17(9-12-19)20-13-14-22-18(20)21/h2-6,15,17H,7-14H2,1H3/t15-/m1/s1. The summed E-state index contributed by atoms with van der Waals surface area (Å²) in [6, 6.07) is 11.1. The first-order chi connectivity index (χ1) is 10.7. The van der Waals surface area contributed by atoms with E-state index in [1.165, 1.54) is 12.0 Å². The van der Waals surface area contributed by atoms with Crippen LogP contribution in [0.5, 0.6) is 0 Å². The Bertz CT molecular complexity index is 483. The van der Waals surface area contributed by atoms with Crippen molar-refractivity contribution >= 4 is 6.09 Å². The Morgan fingerprint density at radius 1 is 1.18 bits per heavy atom. The van der Waals surface area contributed by atoms with E-state index in [4.69, 9.17) is 4.74 Å². The Kier molecular flexibility index (Phi) is 4.98. The van der Waals surface area contributed by atoms with E-state index >= 15 is 0 Å². The molecule has 0 saturated carbocycles. The van der Waals surface area contributed by atoms with Gasteiger partial charge in [-0.15, -0.1) is 0 Å². The Morgan fingerprint density at radius 2 is 1.91 bits per heavy atom. The van der Waals surface area contributed by atoms with Gasteiger partial charge < -0.3 is 14.5 Å². The van der Waals surface area contributed by atoms with Crippen LogP contribution in [0.3, 0.4) is 0 Å². The van der Waals surface area contributed by atoms with Crippen LogP contribution in [0.2, 0.25) is 0 Å². The maximum atomic E-state index is 11.6. The fourth-order valence-corrected chi connectivity index (χ4v) is 3.52. The van der Waals surface area contributed by atoms with E-state index < -0.39 is 0 Å². The average Bonchev–Trinajstić information content (AvgIpc) is 3.00. The number of ether oxygens (including phenoxy) is 1. The Hall–Kier alpha value is -1.55. The smallest absolute Gasteiger partial charge is 0.410 e. The molecule has 0 unspecified atom stereocenters. The predicted octanol–water partition coefficient (Wildman–Crippen LogP) is 3.10. The second kappa shape index (κ2) is 7.14. The minimum absolute atomic E-state index is 0.115. The number of hydrogen-bond acceptors (Lipinski definition) is 3. The lowest BCUT2D eigenvalue weighted by molar-refractivity contribution is 0.116. The molecule has 22 heavy (non-hydrogen) atoms. The molecule has 0 N–H and O–H groups in total. The number of amides is 1. The Balaban J connectivity index is 1.41. The van der Waals surface area contributed by atoms with Crippen LogP contribution >= 0.6 is 0 Å². The SMILES string of the molecule is C[C@H](CCN1CCC(N2CCOC2=O)CC1)c1ccccc1. The minimum atomic E-state index is -0.115. The van der Waals surface area contributed by atoms with Crippen molar-refractivity contribution in [1.82, 2.24) is 9.80 Å². The number of carbonyl (C=O) groups excluding carboxylic acids is 1. The van der Waals surface area contributed by atoms with E-state index in [1.807, 2.05) is 4.90 Å². The van der Waals surface area contributed by atoms with Gasteiger partial charge in [0.2, 0.25) is 0 Å². The van der Waals surface area contributed by atoms with Crippen molar-refractivity contribution in [3.8, 4) is 0 Å². The lowest BCUT2D eigenvalue weighted by Gasteiger charge is -2.35. The van der Waals surface area contributed by atoms with Crippen molar-refractivity contribution in [2.45, 2.75) is 38.1 Å². The quantitative estimate of drug-likeness (QED) is 0.838. The van der Waals surface area contributed by atoms with Crippen LogP contribution in [0, 0.1) is 0 Å². The van der Waals surface area contributed by atoms with E-state index in [1.54, 1.807) is 0 Å². The van der Waals surface area contributed by atoms with E-state index in [9.17, 15) is 4.79 Å². The van der Waals surface area contributed by atoms with Gasteiger partial charge in [-0.1, -0.05) is 37.3 Å². The first-order valence-electron chi connectivity index (χ1n) is 8.45. The van der Waals surface area contributed by atoms with Crippen LogP contribution in [0.4, 0.5) is 4.79 Å². The minimum Gasteiger partial charge on any atom is -0.448 e. The first kappa shape index (κ1) is 15.3. The summed E-state index contributed by atoms with van der Waals surface area (Å²) in [7, 11) is 0. The third-order valence-corrected chi connectivity index (χ3v) is 5.04. The maximum absolute atomic E-state index is 11.6. The third kappa shape index (κ3) is 3.61. The van der Waals surface area contributed by atoms with Crippen molar-refractivity contribution in [2.75, 3.05) is 32.8 Å². The number of cyclic esters (lactones) is 1. The highest BCUT2D eigenvalue weighted by molar-refractivity contribution is 5.69. The van der Waals surface area contributed by atoms with Gasteiger partial charge in [0.05, 0.1) is 6.54 Å². The summed E-state index contributed by atoms with van der Waals surface area (Å²) in [6.07, 6.45) is 3.24. The highest BCUT2D eigenvalue weighted by Crippen LogP contribution is 2.23. The van der Waals surface area contributed by atoms with Crippen LogP contribution in [-0.4, -0.2) is 54.7 Å². The number of hydrogen-bond donors (Lipinski definition) is 0. The molecule has 2 fully saturated rings. The van der Waals surface area contributed by atoms with Crippen molar-refractivity contribution < 1.29 is 9.53 Å². The fourth-order valence-electron chi connectivity index (χ4n) is 3.52. The maximum Gasteiger partial charge on any atom is 0.410 e. The van der Waals surface area contributed by atoms with Gasteiger partial charge in [-0.2, -0.15) is 0 Å². The Morgan fingerprint density at radius 3 is 2.55 bits per heavy atom. The molecule has 0 spiro atoms. The molecule has 120 valence electrons. The van der Waals surface area contributed by atoms with Gasteiger partial charge >= 0.3 is 6.09 Å². The molecule has 4 heteroatoms. The van der Waals surface area contributed by atoms with Gasteiger partial charge in [-0.3, -0.25) is 0 Å². The largest absolute Gasteiger partial charge is 0.448 e. The molecule has 2 aliphatic rings. The third-order valence-electron chi connectivity index (χ3n) is 5.04. The molecular weight excluding hydrogens is 276 g/mol. The summed E-state index contributed by atoms with van der Waals surface area (Å²) in [6.45, 7) is 6.98. The summed E-state index contributed by atoms with van der Waals surface area (Å²) in [4.78, 5) is 16.1. The molecule has 1 aromatic rings. The summed E-state index contributed by atoms with van der Waals surface area (Å²) in [5.41, 5.74) is 1.43. The van der Waals surface area contributed by atoms with Crippen molar-refractivity contribution in [3.63, 3.8) is 0 Å². The first-order valence-corrected chi connectivity index (χ1v) is 8.45. The molecule has 0 aliphatic carbocycles. The molecular formula is C18H26N2O2. The molecule has 2 heterocycles. The average molecular weight is 302 g/mol. The van der Waals surface area contributed by atoms with E-state index in [0.717, 1.165) is 39.0 Å². The van der Waals surface area contributed by atoms with Crippen LogP contribution in [-0.2, 0) is 4.74 Å². The molecule has 0 bridgehead atoms. The number of rotatable bonds is 5. The van der Waals surface area contributed by atoms with Crippen molar-refractivity contribution in [3.05, 3.63) is 35.9 Å². The van der Waals surface area contributed by atoms with Crippen LogP contribution in [0.15, 0.2) is 30.3 Å². The zero-order valence-electron chi connectivity index (χ0n) is 13.4. The second-order valence-corrected chi connectivity index (χ2v) is 6.48. The van der Waals surface area contributed by atoms with E-state index in [2.05, 4.69) is 42.2 Å². The zero-order valence-corrected chi connectivity index (χ0v) is 13.4. The highest BCUT2D eigenvalue weighted by atomic mass is 16.6. The molecule has 2 aliphatic heterocycles. The zero-order chi connectivity index (χ0) is 15.4. The summed E-state index contributed by atoms with van der Waals surface area (Å²) >= 11 is 0.